The van der Waals surface area contributed by atoms with Gasteiger partial charge in [-0.15, -0.1) is 0 Å². The number of nitrogens with one attached hydrogen (secondary N) is 1. The van der Waals surface area contributed by atoms with E-state index in [9.17, 15) is 0 Å². The molecule has 0 spiro atoms. The van der Waals surface area contributed by atoms with Gasteiger partial charge < -0.3 is 5.32 Å². The van der Waals surface area contributed by atoms with Gasteiger partial charge >= 0.3 is 0 Å². The van der Waals surface area contributed by atoms with Crippen molar-refractivity contribution in [1.29, 1.82) is 0 Å². The standard InChI is InChI=1S/C19H17N/c1-13-9-10-16-15-7-3-2-6-14(15)12-17(16)19(13)18-8-4-5-11-20-18/h2-11,18,20H,12H2,1H3. The van der Waals surface area contributed by atoms with E-state index in [-0.39, 0.29) is 0 Å². The monoisotopic (exact) mass is 259 g/mol. The summed E-state index contributed by atoms with van der Waals surface area (Å²) in [6.07, 6.45) is 9.50. The third-order valence-corrected chi connectivity index (χ3v) is 4.35. The van der Waals surface area contributed by atoms with Crippen LogP contribution in [0, 0.1) is 6.92 Å². The minimum atomic E-state index is 0.296. The van der Waals surface area contributed by atoms with E-state index in [1.54, 1.807) is 0 Å². The zero-order valence-electron chi connectivity index (χ0n) is 11.6. The van der Waals surface area contributed by atoms with Gasteiger partial charge in [0, 0.05) is 0 Å². The lowest BCUT2D eigenvalue weighted by Gasteiger charge is -2.22. The normalized spacial score (nSPS) is 18.6. The third kappa shape index (κ3) is 1.63. The molecule has 1 aliphatic carbocycles. The molecule has 4 rings (SSSR count). The van der Waals surface area contributed by atoms with E-state index in [0.29, 0.717) is 6.04 Å². The van der Waals surface area contributed by atoms with Gasteiger partial charge in [-0.1, -0.05) is 48.6 Å². The van der Waals surface area contributed by atoms with Crippen molar-refractivity contribution >= 4 is 0 Å². The Morgan fingerprint density at radius 2 is 1.90 bits per heavy atom. The van der Waals surface area contributed by atoms with Crippen LogP contribution in [0.25, 0.3) is 11.1 Å². The summed E-state index contributed by atoms with van der Waals surface area (Å²) in [6, 6.07) is 13.6. The highest BCUT2D eigenvalue weighted by molar-refractivity contribution is 5.78. The van der Waals surface area contributed by atoms with Crippen LogP contribution in [0.2, 0.25) is 0 Å². The highest BCUT2D eigenvalue weighted by Crippen LogP contribution is 2.41. The summed E-state index contributed by atoms with van der Waals surface area (Å²) in [7, 11) is 0. The molecule has 0 bridgehead atoms. The molecule has 0 saturated carbocycles. The molecule has 2 aromatic rings. The Hall–Kier alpha value is -2.28. The smallest absolute Gasteiger partial charge is 0.0701 e. The van der Waals surface area contributed by atoms with Gasteiger partial charge in [-0.25, -0.2) is 0 Å². The van der Waals surface area contributed by atoms with Gasteiger partial charge in [0.05, 0.1) is 6.04 Å². The van der Waals surface area contributed by atoms with Crippen LogP contribution in [-0.2, 0) is 6.42 Å². The lowest BCUT2D eigenvalue weighted by Crippen LogP contribution is -2.17. The van der Waals surface area contributed by atoms with Crippen LogP contribution in [0.5, 0.6) is 0 Å². The number of fused-ring (bicyclic) bond motifs is 3. The molecule has 2 aliphatic rings. The molecule has 0 saturated heterocycles. The van der Waals surface area contributed by atoms with Gasteiger partial charge in [0.15, 0.2) is 0 Å². The van der Waals surface area contributed by atoms with Crippen LogP contribution in [-0.4, -0.2) is 0 Å². The average molecular weight is 259 g/mol. The lowest BCUT2D eigenvalue weighted by atomic mass is 9.91. The molecular weight excluding hydrogens is 242 g/mol. The van der Waals surface area contributed by atoms with Gasteiger partial charge in [0.25, 0.3) is 0 Å². The SMILES string of the molecule is Cc1ccc2c(c1C1C=CC=CN1)Cc1ccccc1-2. The van der Waals surface area contributed by atoms with E-state index in [1.807, 2.05) is 12.3 Å². The maximum atomic E-state index is 3.47. The fraction of sp³-hybridized carbons (Fsp3) is 0.158. The van der Waals surface area contributed by atoms with Crippen molar-refractivity contribution in [1.82, 2.24) is 5.32 Å². The third-order valence-electron chi connectivity index (χ3n) is 4.35. The number of benzene rings is 2. The summed E-state index contributed by atoms with van der Waals surface area (Å²) < 4.78 is 0. The first-order chi connectivity index (χ1) is 9.84. The highest BCUT2D eigenvalue weighted by Gasteiger charge is 2.24. The van der Waals surface area contributed by atoms with Crippen LogP contribution in [0.4, 0.5) is 0 Å². The number of hydrogen-bond acceptors (Lipinski definition) is 1. The zero-order chi connectivity index (χ0) is 13.5. The van der Waals surface area contributed by atoms with Crippen LogP contribution < -0.4 is 5.32 Å². The van der Waals surface area contributed by atoms with E-state index >= 15 is 0 Å². The second-order valence-corrected chi connectivity index (χ2v) is 5.54. The maximum Gasteiger partial charge on any atom is 0.0701 e. The topological polar surface area (TPSA) is 12.0 Å². The van der Waals surface area contributed by atoms with E-state index in [2.05, 4.69) is 60.8 Å². The molecule has 1 unspecified atom stereocenters. The quantitative estimate of drug-likeness (QED) is 0.687. The molecule has 1 N–H and O–H groups in total. The second-order valence-electron chi connectivity index (χ2n) is 5.54. The second kappa shape index (κ2) is 4.38. The first-order valence-electron chi connectivity index (χ1n) is 7.14. The largest absolute Gasteiger partial charge is 0.381 e. The Morgan fingerprint density at radius 3 is 2.75 bits per heavy atom. The van der Waals surface area contributed by atoms with Crippen molar-refractivity contribution in [2.45, 2.75) is 19.4 Å². The van der Waals surface area contributed by atoms with Gasteiger partial charge in [-0.3, -0.25) is 0 Å². The predicted octanol–water partition coefficient (Wildman–Crippen LogP) is 4.28. The van der Waals surface area contributed by atoms with Crippen LogP contribution in [0.3, 0.4) is 0 Å². The van der Waals surface area contributed by atoms with Gasteiger partial charge in [-0.2, -0.15) is 0 Å². The summed E-state index contributed by atoms with van der Waals surface area (Å²) in [4.78, 5) is 0. The van der Waals surface area contributed by atoms with Crippen molar-refractivity contribution in [3.63, 3.8) is 0 Å². The van der Waals surface area contributed by atoms with Crippen molar-refractivity contribution < 1.29 is 0 Å². The van der Waals surface area contributed by atoms with E-state index in [4.69, 9.17) is 0 Å². The number of aryl methyl sites for hydroxylation is 1. The van der Waals surface area contributed by atoms with Gasteiger partial charge in [-0.05, 0) is 59.0 Å². The van der Waals surface area contributed by atoms with E-state index in [1.165, 1.54) is 33.4 Å². The van der Waals surface area contributed by atoms with Crippen LogP contribution in [0.15, 0.2) is 60.8 Å². The summed E-state index contributed by atoms with van der Waals surface area (Å²) >= 11 is 0. The molecule has 2 aromatic carbocycles. The summed E-state index contributed by atoms with van der Waals surface area (Å²) in [6.45, 7) is 2.21. The van der Waals surface area contributed by atoms with Crippen molar-refractivity contribution in [3.05, 3.63) is 83.1 Å². The minimum absolute atomic E-state index is 0.296. The fourth-order valence-electron chi connectivity index (χ4n) is 3.41. The van der Waals surface area contributed by atoms with Gasteiger partial charge in [0.1, 0.15) is 0 Å². The molecule has 1 heterocycles. The Labute approximate surface area is 119 Å². The molecular formula is C19H17N. The number of dihydropyridines is 1. The average Bonchev–Trinajstić information content (AvgIpc) is 2.86. The Balaban J connectivity index is 1.90. The van der Waals surface area contributed by atoms with E-state index < -0.39 is 0 Å². The minimum Gasteiger partial charge on any atom is -0.381 e. The van der Waals surface area contributed by atoms with Crippen LogP contribution >= 0.6 is 0 Å². The molecule has 1 heteroatoms. The summed E-state index contributed by atoms with van der Waals surface area (Å²) in [5, 5.41) is 3.47. The Bertz CT molecular complexity index is 737. The highest BCUT2D eigenvalue weighted by atomic mass is 14.9. The first kappa shape index (κ1) is 11.5. The molecule has 0 amide bonds. The number of allylic oxidation sites excluding steroid dienone is 2. The molecule has 0 aromatic heterocycles. The Morgan fingerprint density at radius 1 is 1.00 bits per heavy atom. The molecule has 0 fully saturated rings. The van der Waals surface area contributed by atoms with Gasteiger partial charge in [0.2, 0.25) is 0 Å². The molecule has 1 nitrogen and oxygen atoms in total. The fourth-order valence-corrected chi connectivity index (χ4v) is 3.41. The molecule has 98 valence electrons. The zero-order valence-corrected chi connectivity index (χ0v) is 11.6. The van der Waals surface area contributed by atoms with Crippen LogP contribution in [0.1, 0.15) is 28.3 Å². The summed E-state index contributed by atoms with van der Waals surface area (Å²) in [5.41, 5.74) is 8.56. The van der Waals surface area contributed by atoms with E-state index in [0.717, 1.165) is 6.42 Å². The lowest BCUT2D eigenvalue weighted by molar-refractivity contribution is 0.734. The van der Waals surface area contributed by atoms with Crippen molar-refractivity contribution in [2.75, 3.05) is 0 Å². The Kier molecular flexibility index (Phi) is 2.53. The first-order valence-corrected chi connectivity index (χ1v) is 7.14. The van der Waals surface area contributed by atoms with Crippen molar-refractivity contribution in [3.8, 4) is 11.1 Å². The predicted molar refractivity (Wildman–Crippen MR) is 83.6 cm³/mol. The van der Waals surface area contributed by atoms with Crippen molar-refractivity contribution in [2.24, 2.45) is 0 Å². The molecule has 20 heavy (non-hydrogen) atoms. The number of rotatable bonds is 1. The molecule has 1 aliphatic heterocycles. The summed E-state index contributed by atoms with van der Waals surface area (Å²) in [5.74, 6) is 0. The molecule has 0 radical (unpaired) electrons. The maximum absolute atomic E-state index is 3.47. The number of hydrogen-bond donors (Lipinski definition) is 1. The molecule has 1 atom stereocenters.